The van der Waals surface area contributed by atoms with Gasteiger partial charge in [0.1, 0.15) is 5.67 Å². The molecule has 2 N–H and O–H groups in total. The van der Waals surface area contributed by atoms with Gasteiger partial charge in [0.15, 0.2) is 0 Å². The number of aliphatic hydroxyl groups excluding tert-OH is 1. The van der Waals surface area contributed by atoms with Gasteiger partial charge in [0.05, 0.1) is 13.2 Å². The Morgan fingerprint density at radius 3 is 2.61 bits per heavy atom. The van der Waals surface area contributed by atoms with Gasteiger partial charge in [0.2, 0.25) is 5.91 Å². The zero-order chi connectivity index (χ0) is 17.3. The summed E-state index contributed by atoms with van der Waals surface area (Å²) in [5, 5.41) is 10.2. The lowest BCUT2D eigenvalue weighted by atomic mass is 9.89. The van der Waals surface area contributed by atoms with Crippen molar-refractivity contribution in [1.29, 1.82) is 0 Å². The molecule has 0 heterocycles. The summed E-state index contributed by atoms with van der Waals surface area (Å²) in [7, 11) is 1.35. The summed E-state index contributed by atoms with van der Waals surface area (Å²) >= 11 is 0. The van der Waals surface area contributed by atoms with E-state index in [4.69, 9.17) is 0 Å². The summed E-state index contributed by atoms with van der Waals surface area (Å²) < 4.78 is 13.7. The molecule has 1 amide bonds. The number of carbonyl (C=O) groups is 1. The highest BCUT2D eigenvalue weighted by Crippen LogP contribution is 2.23. The van der Waals surface area contributed by atoms with E-state index in [-0.39, 0.29) is 18.7 Å². The molecule has 5 heteroatoms. The Morgan fingerprint density at radius 2 is 2.04 bits per heavy atom. The van der Waals surface area contributed by atoms with Crippen molar-refractivity contribution < 1.29 is 19.1 Å². The molecule has 0 aliphatic carbocycles. The van der Waals surface area contributed by atoms with E-state index in [0.717, 1.165) is 5.56 Å². The minimum atomic E-state index is -1.34. The lowest BCUT2D eigenvalue weighted by molar-refractivity contribution is -0.136. The molecule has 0 unspecified atom stereocenters. The third kappa shape index (κ3) is 8.67. The Bertz CT molecular complexity index is 459. The largest absolute Gasteiger partial charge is 0.393 e. The van der Waals surface area contributed by atoms with E-state index in [1.807, 2.05) is 30.3 Å². The van der Waals surface area contributed by atoms with Crippen LogP contribution in [0.5, 0.6) is 0 Å². The lowest BCUT2D eigenvalue weighted by Gasteiger charge is -2.22. The van der Waals surface area contributed by atoms with Gasteiger partial charge in [-0.05, 0) is 51.5 Å². The van der Waals surface area contributed by atoms with Crippen LogP contribution >= 0.6 is 0 Å². The van der Waals surface area contributed by atoms with E-state index in [1.165, 1.54) is 21.0 Å². The van der Waals surface area contributed by atoms with Gasteiger partial charge in [-0.1, -0.05) is 30.3 Å². The molecular weight excluding hydrogens is 297 g/mol. The van der Waals surface area contributed by atoms with Crippen LogP contribution in [0.3, 0.4) is 0 Å². The zero-order valence-electron chi connectivity index (χ0n) is 14.1. The number of hydroxylamine groups is 1. The summed E-state index contributed by atoms with van der Waals surface area (Å²) in [5.74, 6) is -0.823. The second-order valence-electron chi connectivity index (χ2n) is 6.35. The number of amides is 1. The molecule has 0 aliphatic rings. The molecule has 0 aromatic heterocycles. The maximum Gasteiger partial charge on any atom is 0.246 e. The fourth-order valence-electron chi connectivity index (χ4n) is 2.33. The average Bonchev–Trinajstić information content (AvgIpc) is 2.49. The molecule has 1 radical (unpaired) electrons. The zero-order valence-corrected chi connectivity index (χ0v) is 14.1. The van der Waals surface area contributed by atoms with Crippen LogP contribution < -0.4 is 5.48 Å². The van der Waals surface area contributed by atoms with Crippen molar-refractivity contribution in [3.63, 3.8) is 0 Å². The molecule has 129 valence electrons. The first-order chi connectivity index (χ1) is 10.8. The van der Waals surface area contributed by atoms with Crippen molar-refractivity contribution in [2.75, 3.05) is 7.11 Å². The smallest absolute Gasteiger partial charge is 0.246 e. The van der Waals surface area contributed by atoms with E-state index in [2.05, 4.69) is 10.3 Å². The Kier molecular flexibility index (Phi) is 8.20. The molecule has 1 aromatic carbocycles. The van der Waals surface area contributed by atoms with Crippen molar-refractivity contribution in [3.8, 4) is 0 Å². The quantitative estimate of drug-likeness (QED) is 0.651. The van der Waals surface area contributed by atoms with Crippen LogP contribution in [0.25, 0.3) is 0 Å². The van der Waals surface area contributed by atoms with Crippen molar-refractivity contribution in [2.24, 2.45) is 5.92 Å². The van der Waals surface area contributed by atoms with Gasteiger partial charge in [0, 0.05) is 5.92 Å². The monoisotopic (exact) mass is 324 g/mol. The van der Waals surface area contributed by atoms with E-state index in [0.29, 0.717) is 12.8 Å². The molecule has 1 rings (SSSR count). The highest BCUT2D eigenvalue weighted by molar-refractivity contribution is 5.77. The maximum absolute atomic E-state index is 13.7. The minimum Gasteiger partial charge on any atom is -0.393 e. The third-order valence-electron chi connectivity index (χ3n) is 3.66. The maximum atomic E-state index is 13.7. The molecule has 2 atom stereocenters. The number of hydrogen-bond donors (Lipinski definition) is 2. The van der Waals surface area contributed by atoms with Crippen LogP contribution in [0.2, 0.25) is 0 Å². The van der Waals surface area contributed by atoms with Crippen molar-refractivity contribution in [3.05, 3.63) is 42.3 Å². The van der Waals surface area contributed by atoms with E-state index >= 15 is 0 Å². The average molecular weight is 324 g/mol. The van der Waals surface area contributed by atoms with Crippen LogP contribution in [0.15, 0.2) is 30.3 Å². The molecule has 0 aliphatic heterocycles. The summed E-state index contributed by atoms with van der Waals surface area (Å²) in [6.45, 7) is 2.96. The highest BCUT2D eigenvalue weighted by atomic mass is 19.1. The predicted octanol–water partition coefficient (Wildman–Crippen LogP) is 3.01. The van der Waals surface area contributed by atoms with Gasteiger partial charge in [0.25, 0.3) is 0 Å². The van der Waals surface area contributed by atoms with Gasteiger partial charge >= 0.3 is 0 Å². The van der Waals surface area contributed by atoms with Gasteiger partial charge in [-0.3, -0.25) is 9.63 Å². The Labute approximate surface area is 138 Å². The van der Waals surface area contributed by atoms with Crippen LogP contribution in [0.1, 0.15) is 38.7 Å². The van der Waals surface area contributed by atoms with E-state index in [1.54, 1.807) is 6.42 Å². The topological polar surface area (TPSA) is 58.6 Å². The standard InChI is InChI=1S/C18H27FNO3/c1-18(2,19)12-11-15(17(22)20-23-3)13-16(21)10-9-14-7-5-4-6-8-14/h4-8,10,15-16,21H,9,11-13H2,1-3H3,(H,20,22)/t15-,16+/m1/s1. The number of aliphatic hydroxyl groups is 1. The van der Waals surface area contributed by atoms with Crippen LogP contribution in [-0.4, -0.2) is 29.9 Å². The van der Waals surface area contributed by atoms with Gasteiger partial charge in [-0.25, -0.2) is 9.87 Å². The first-order valence-corrected chi connectivity index (χ1v) is 7.89. The Morgan fingerprint density at radius 1 is 1.39 bits per heavy atom. The molecule has 0 saturated heterocycles. The van der Waals surface area contributed by atoms with Crippen molar-refractivity contribution in [2.45, 2.75) is 51.3 Å². The summed E-state index contributed by atoms with van der Waals surface area (Å²) in [6, 6.07) is 9.76. The molecule has 0 spiro atoms. The number of halogens is 1. The van der Waals surface area contributed by atoms with Crippen LogP contribution in [0.4, 0.5) is 4.39 Å². The number of rotatable bonds is 10. The minimum absolute atomic E-state index is 0.248. The number of nitrogens with one attached hydrogen (secondary N) is 1. The molecular formula is C18H27FNO3. The first-order valence-electron chi connectivity index (χ1n) is 7.89. The van der Waals surface area contributed by atoms with Crippen LogP contribution in [0, 0.1) is 12.3 Å². The number of alkyl halides is 1. The molecule has 0 bridgehead atoms. The van der Waals surface area contributed by atoms with Crippen molar-refractivity contribution in [1.82, 2.24) is 5.48 Å². The summed E-state index contributed by atoms with van der Waals surface area (Å²) in [4.78, 5) is 16.6. The molecule has 0 fully saturated rings. The summed E-state index contributed by atoms with van der Waals surface area (Å²) in [6.07, 6.45) is 2.51. The fourth-order valence-corrected chi connectivity index (χ4v) is 2.33. The van der Waals surface area contributed by atoms with Gasteiger partial charge in [-0.15, -0.1) is 0 Å². The Balaban J connectivity index is 2.51. The lowest BCUT2D eigenvalue weighted by Crippen LogP contribution is -2.33. The summed E-state index contributed by atoms with van der Waals surface area (Å²) in [5.41, 5.74) is 2.02. The van der Waals surface area contributed by atoms with E-state index < -0.39 is 17.7 Å². The first kappa shape index (κ1) is 19.6. The van der Waals surface area contributed by atoms with Crippen molar-refractivity contribution >= 4 is 5.91 Å². The fraction of sp³-hybridized carbons (Fsp3) is 0.556. The molecule has 1 aromatic rings. The molecule has 0 saturated carbocycles. The number of benzene rings is 1. The second kappa shape index (κ2) is 9.63. The molecule has 23 heavy (non-hydrogen) atoms. The van der Waals surface area contributed by atoms with E-state index in [9.17, 15) is 14.3 Å². The van der Waals surface area contributed by atoms with Gasteiger partial charge < -0.3 is 5.11 Å². The van der Waals surface area contributed by atoms with Gasteiger partial charge in [-0.2, -0.15) is 0 Å². The predicted molar refractivity (Wildman–Crippen MR) is 88.1 cm³/mol. The molecule has 4 nitrogen and oxygen atoms in total. The normalized spacial score (nSPS) is 14.3. The Hall–Kier alpha value is -1.46. The van der Waals surface area contributed by atoms with Crippen LogP contribution in [-0.2, 0) is 16.1 Å². The number of hydrogen-bond acceptors (Lipinski definition) is 3. The third-order valence-corrected chi connectivity index (χ3v) is 3.66. The SMILES string of the molecule is CONC(=O)[C@H](CCC(C)(C)F)C[C@@H](O)[CH]Cc1ccccc1. The highest BCUT2D eigenvalue weighted by Gasteiger charge is 2.26. The second-order valence-corrected chi connectivity index (χ2v) is 6.35. The number of carbonyl (C=O) groups excluding carboxylic acids is 1.